The monoisotopic (exact) mass is 450 g/mol. The molecule has 0 atom stereocenters. The Morgan fingerprint density at radius 1 is 1.42 bits per heavy atom. The second-order valence-electron chi connectivity index (χ2n) is 5.62. The van der Waals surface area contributed by atoms with Crippen molar-refractivity contribution in [3.63, 3.8) is 0 Å². The summed E-state index contributed by atoms with van der Waals surface area (Å²) in [5.74, 6) is 1.70. The van der Waals surface area contributed by atoms with Gasteiger partial charge in [0.1, 0.15) is 12.3 Å². The third-order valence-corrected chi connectivity index (χ3v) is 3.45. The number of aliphatic imine (C=N–C) groups is 1. The van der Waals surface area contributed by atoms with Crippen molar-refractivity contribution in [2.45, 2.75) is 32.7 Å². The van der Waals surface area contributed by atoms with Crippen molar-refractivity contribution < 1.29 is 13.9 Å². The molecule has 0 radical (unpaired) electrons. The third-order valence-electron chi connectivity index (χ3n) is 3.45. The van der Waals surface area contributed by atoms with Crippen LogP contribution in [-0.4, -0.2) is 38.2 Å². The first-order valence-corrected chi connectivity index (χ1v) is 8.17. The second-order valence-corrected chi connectivity index (χ2v) is 5.62. The van der Waals surface area contributed by atoms with E-state index in [-0.39, 0.29) is 29.7 Å². The number of guanidine groups is 1. The van der Waals surface area contributed by atoms with Crippen LogP contribution in [0.4, 0.5) is 0 Å². The number of furan rings is 1. The third kappa shape index (κ3) is 8.00. The number of ether oxygens (including phenoxy) is 1. The molecular formula is C16H27IN4O3. The average molecular weight is 450 g/mol. The summed E-state index contributed by atoms with van der Waals surface area (Å²) in [4.78, 5) is 15.4. The van der Waals surface area contributed by atoms with Gasteiger partial charge in [-0.1, -0.05) is 0 Å². The highest BCUT2D eigenvalue weighted by Crippen LogP contribution is 2.28. The zero-order chi connectivity index (χ0) is 16.5. The highest BCUT2D eigenvalue weighted by Gasteiger charge is 2.20. The number of hydrogen-bond donors (Lipinski definition) is 3. The Balaban J connectivity index is 0.00000288. The number of rotatable bonds is 10. The van der Waals surface area contributed by atoms with Gasteiger partial charge in [-0.05, 0) is 44.2 Å². The standard InChI is InChI=1S/C16H26N4O3.HI/c1-2-18-16(19-8-3-9-22-11-12-4-5-12)20-10-13-6-7-14(23-13)15(17)21;/h6-7,12H,2-5,8-11H2,1H3,(H2,17,21)(H2,18,19,20);1H. The molecule has 1 aromatic heterocycles. The van der Waals surface area contributed by atoms with Crippen molar-refractivity contribution >= 4 is 35.8 Å². The van der Waals surface area contributed by atoms with Crippen LogP contribution in [0, 0.1) is 5.92 Å². The van der Waals surface area contributed by atoms with Gasteiger partial charge < -0.3 is 25.5 Å². The zero-order valence-corrected chi connectivity index (χ0v) is 16.4. The summed E-state index contributed by atoms with van der Waals surface area (Å²) in [6, 6.07) is 3.27. The largest absolute Gasteiger partial charge is 0.454 e. The molecule has 0 aliphatic heterocycles. The van der Waals surface area contributed by atoms with Crippen LogP contribution in [-0.2, 0) is 11.3 Å². The molecule has 0 spiro atoms. The molecule has 2 rings (SSSR count). The lowest BCUT2D eigenvalue weighted by Gasteiger charge is -2.11. The van der Waals surface area contributed by atoms with Crippen LogP contribution in [0.2, 0.25) is 0 Å². The number of amides is 1. The Hall–Kier alpha value is -1.29. The predicted molar refractivity (Wildman–Crippen MR) is 104 cm³/mol. The average Bonchev–Trinajstić information content (AvgIpc) is 3.22. The van der Waals surface area contributed by atoms with Crippen LogP contribution >= 0.6 is 24.0 Å². The van der Waals surface area contributed by atoms with Gasteiger partial charge >= 0.3 is 0 Å². The van der Waals surface area contributed by atoms with Crippen LogP contribution in [0.25, 0.3) is 0 Å². The number of nitrogens with two attached hydrogens (primary N) is 1. The van der Waals surface area contributed by atoms with Gasteiger partial charge in [0.05, 0.1) is 0 Å². The van der Waals surface area contributed by atoms with E-state index in [1.165, 1.54) is 12.8 Å². The highest BCUT2D eigenvalue weighted by molar-refractivity contribution is 14.0. The molecule has 0 aromatic carbocycles. The Morgan fingerprint density at radius 2 is 2.21 bits per heavy atom. The van der Waals surface area contributed by atoms with Crippen LogP contribution in [0.5, 0.6) is 0 Å². The Kier molecular flexibility index (Phi) is 9.77. The van der Waals surface area contributed by atoms with Crippen LogP contribution in [0.15, 0.2) is 21.5 Å². The van der Waals surface area contributed by atoms with E-state index in [1.54, 1.807) is 12.1 Å². The Morgan fingerprint density at radius 3 is 2.83 bits per heavy atom. The summed E-state index contributed by atoms with van der Waals surface area (Å²) in [6.07, 6.45) is 3.57. The fourth-order valence-corrected chi connectivity index (χ4v) is 2.01. The molecule has 1 aliphatic rings. The lowest BCUT2D eigenvalue weighted by molar-refractivity contribution is 0.0972. The van der Waals surface area contributed by atoms with E-state index in [4.69, 9.17) is 14.9 Å². The maximum absolute atomic E-state index is 11.0. The molecule has 4 N–H and O–H groups in total. The molecule has 1 heterocycles. The van der Waals surface area contributed by atoms with Crippen molar-refractivity contribution in [3.8, 4) is 0 Å². The Labute approximate surface area is 159 Å². The molecule has 7 nitrogen and oxygen atoms in total. The number of nitrogens with one attached hydrogen (secondary N) is 2. The minimum atomic E-state index is -0.573. The van der Waals surface area contributed by atoms with E-state index in [0.717, 1.165) is 38.6 Å². The van der Waals surface area contributed by atoms with E-state index in [2.05, 4.69) is 15.6 Å². The molecule has 0 bridgehead atoms. The quantitative estimate of drug-likeness (QED) is 0.219. The molecule has 1 aromatic rings. The summed E-state index contributed by atoms with van der Waals surface area (Å²) in [7, 11) is 0. The topological polar surface area (TPSA) is 102 Å². The van der Waals surface area contributed by atoms with Crippen LogP contribution in [0.3, 0.4) is 0 Å². The summed E-state index contributed by atoms with van der Waals surface area (Å²) in [5, 5.41) is 6.42. The summed E-state index contributed by atoms with van der Waals surface area (Å²) in [6.45, 7) is 5.59. The minimum absolute atomic E-state index is 0. The normalized spacial score (nSPS) is 14.1. The second kappa shape index (κ2) is 11.3. The molecule has 8 heteroatoms. The maximum Gasteiger partial charge on any atom is 0.284 e. The summed E-state index contributed by atoms with van der Waals surface area (Å²) >= 11 is 0. The number of carbonyl (C=O) groups is 1. The smallest absolute Gasteiger partial charge is 0.284 e. The van der Waals surface area contributed by atoms with Gasteiger partial charge in [0, 0.05) is 26.3 Å². The van der Waals surface area contributed by atoms with Gasteiger partial charge in [0.15, 0.2) is 11.7 Å². The van der Waals surface area contributed by atoms with E-state index in [0.29, 0.717) is 18.3 Å². The fourth-order valence-electron chi connectivity index (χ4n) is 2.01. The van der Waals surface area contributed by atoms with Gasteiger partial charge in [0.2, 0.25) is 0 Å². The SMILES string of the molecule is CCNC(=NCc1ccc(C(N)=O)o1)NCCCOCC1CC1.I. The van der Waals surface area contributed by atoms with E-state index >= 15 is 0 Å². The van der Waals surface area contributed by atoms with Crippen molar-refractivity contribution in [2.75, 3.05) is 26.3 Å². The molecule has 24 heavy (non-hydrogen) atoms. The molecule has 1 aliphatic carbocycles. The lowest BCUT2D eigenvalue weighted by atomic mass is 10.4. The molecule has 0 unspecified atom stereocenters. The molecule has 0 saturated heterocycles. The van der Waals surface area contributed by atoms with E-state index < -0.39 is 5.91 Å². The van der Waals surface area contributed by atoms with Gasteiger partial charge in [0.25, 0.3) is 5.91 Å². The first-order valence-electron chi connectivity index (χ1n) is 8.17. The zero-order valence-electron chi connectivity index (χ0n) is 14.0. The molecule has 1 saturated carbocycles. The van der Waals surface area contributed by atoms with E-state index in [1.807, 2.05) is 6.92 Å². The first-order chi connectivity index (χ1) is 11.2. The first kappa shape index (κ1) is 20.8. The summed E-state index contributed by atoms with van der Waals surface area (Å²) in [5.41, 5.74) is 5.15. The molecule has 1 fully saturated rings. The maximum atomic E-state index is 11.0. The number of carbonyl (C=O) groups excluding carboxylic acids is 1. The van der Waals surface area contributed by atoms with Crippen molar-refractivity contribution in [1.82, 2.24) is 10.6 Å². The van der Waals surface area contributed by atoms with Crippen molar-refractivity contribution in [2.24, 2.45) is 16.6 Å². The van der Waals surface area contributed by atoms with Crippen LogP contribution < -0.4 is 16.4 Å². The van der Waals surface area contributed by atoms with Crippen molar-refractivity contribution in [3.05, 3.63) is 23.7 Å². The molecule has 136 valence electrons. The van der Waals surface area contributed by atoms with Gasteiger partial charge in [-0.15, -0.1) is 24.0 Å². The number of primary amides is 1. The van der Waals surface area contributed by atoms with Gasteiger partial charge in [-0.25, -0.2) is 4.99 Å². The Bertz CT molecular complexity index is 529. The molecule has 1 amide bonds. The van der Waals surface area contributed by atoms with E-state index in [9.17, 15) is 4.79 Å². The fraction of sp³-hybridized carbons (Fsp3) is 0.625. The van der Waals surface area contributed by atoms with Crippen LogP contribution in [0.1, 0.15) is 42.5 Å². The lowest BCUT2D eigenvalue weighted by Crippen LogP contribution is -2.38. The summed E-state index contributed by atoms with van der Waals surface area (Å²) < 4.78 is 10.9. The van der Waals surface area contributed by atoms with Gasteiger partial charge in [-0.3, -0.25) is 4.79 Å². The van der Waals surface area contributed by atoms with Crippen molar-refractivity contribution in [1.29, 1.82) is 0 Å². The molecular weight excluding hydrogens is 423 g/mol. The predicted octanol–water partition coefficient (Wildman–Crippen LogP) is 1.87. The minimum Gasteiger partial charge on any atom is -0.454 e. The van der Waals surface area contributed by atoms with Gasteiger partial charge in [-0.2, -0.15) is 0 Å². The number of halogens is 1. The number of nitrogens with zero attached hydrogens (tertiary/aromatic N) is 1. The highest BCUT2D eigenvalue weighted by atomic mass is 127. The number of hydrogen-bond acceptors (Lipinski definition) is 4.